The van der Waals surface area contributed by atoms with Gasteiger partial charge in [0.05, 0.1) is 55.8 Å². The highest BCUT2D eigenvalue weighted by molar-refractivity contribution is 7.19. The Balaban J connectivity index is 1.31. The maximum atomic E-state index is 13.3. The molecule has 10 nitrogen and oxygen atoms in total. The van der Waals surface area contributed by atoms with Gasteiger partial charge in [0.15, 0.2) is 0 Å². The molecule has 1 saturated heterocycles. The van der Waals surface area contributed by atoms with E-state index >= 15 is 0 Å². The summed E-state index contributed by atoms with van der Waals surface area (Å²) >= 11 is 1.63. The van der Waals surface area contributed by atoms with Gasteiger partial charge in [-0.05, 0) is 30.9 Å². The highest BCUT2D eigenvalue weighted by Crippen LogP contribution is 2.42. The Labute approximate surface area is 205 Å². The van der Waals surface area contributed by atoms with Crippen LogP contribution in [0.2, 0.25) is 0 Å². The summed E-state index contributed by atoms with van der Waals surface area (Å²) in [6.07, 6.45) is 5.55. The molecule has 0 radical (unpaired) electrons. The van der Waals surface area contributed by atoms with Crippen LogP contribution in [0.3, 0.4) is 0 Å². The van der Waals surface area contributed by atoms with Crippen LogP contribution < -0.4 is 10.1 Å². The molecular formula is C24H26N6O4S. The van der Waals surface area contributed by atoms with E-state index in [9.17, 15) is 9.90 Å². The standard InChI is InChI=1S/C24H26N6O4S/c1-33-19-8-17-14(9-27-29-17)6-18(19)28-22-21-16-3-2-13(7-20(16)35-23(21)26-12-25-22)24(32)30(4-5-31)15-10-34-11-15/h6,8-9,12-13,15,31H,2-5,7,10-11H2,1H3,(H,27,29)(H,25,26,28)/t13-/m0/s1. The number of nitrogens with zero attached hydrogens (tertiary/aromatic N) is 4. The molecule has 0 unspecified atom stereocenters. The molecule has 1 aliphatic heterocycles. The monoisotopic (exact) mass is 494 g/mol. The van der Waals surface area contributed by atoms with Gasteiger partial charge in [0.1, 0.15) is 22.7 Å². The Kier molecular flexibility index (Phi) is 5.75. The van der Waals surface area contributed by atoms with Gasteiger partial charge in [-0.3, -0.25) is 9.89 Å². The molecule has 6 rings (SSSR count). The number of rotatable bonds is 7. The molecule has 35 heavy (non-hydrogen) atoms. The maximum absolute atomic E-state index is 13.3. The first kappa shape index (κ1) is 22.2. The van der Waals surface area contributed by atoms with Crippen molar-refractivity contribution in [3.8, 4) is 5.75 Å². The normalized spacial score (nSPS) is 17.8. The lowest BCUT2D eigenvalue weighted by molar-refractivity contribution is -0.150. The van der Waals surface area contributed by atoms with E-state index in [4.69, 9.17) is 9.47 Å². The predicted molar refractivity (Wildman–Crippen MR) is 132 cm³/mol. The van der Waals surface area contributed by atoms with Gasteiger partial charge >= 0.3 is 0 Å². The highest BCUT2D eigenvalue weighted by atomic mass is 32.1. The van der Waals surface area contributed by atoms with Gasteiger partial charge in [0.2, 0.25) is 5.91 Å². The van der Waals surface area contributed by atoms with Crippen molar-refractivity contribution in [1.82, 2.24) is 25.1 Å². The van der Waals surface area contributed by atoms with E-state index in [2.05, 4.69) is 25.5 Å². The quantitative estimate of drug-likeness (QED) is 0.358. The van der Waals surface area contributed by atoms with E-state index in [1.807, 2.05) is 12.1 Å². The molecule has 1 atom stereocenters. The number of aliphatic hydroxyl groups is 1. The van der Waals surface area contributed by atoms with Crippen LogP contribution in [-0.4, -0.2) is 75.6 Å². The number of ether oxygens (including phenoxy) is 2. The number of aryl methyl sites for hydroxylation is 1. The van der Waals surface area contributed by atoms with Crippen LogP contribution in [0.25, 0.3) is 21.1 Å². The lowest BCUT2D eigenvalue weighted by Crippen LogP contribution is -2.54. The number of aliphatic hydroxyl groups excluding tert-OH is 1. The number of carbonyl (C=O) groups excluding carboxylic acids is 1. The third kappa shape index (κ3) is 3.89. The number of aromatic amines is 1. The molecular weight excluding hydrogens is 468 g/mol. The lowest BCUT2D eigenvalue weighted by atomic mass is 9.86. The van der Waals surface area contributed by atoms with Crippen molar-refractivity contribution in [3.05, 3.63) is 35.1 Å². The maximum Gasteiger partial charge on any atom is 0.226 e. The average molecular weight is 495 g/mol. The molecule has 1 amide bonds. The number of nitrogens with one attached hydrogen (secondary N) is 2. The van der Waals surface area contributed by atoms with Crippen LogP contribution in [0, 0.1) is 5.92 Å². The summed E-state index contributed by atoms with van der Waals surface area (Å²) in [4.78, 5) is 26.3. The molecule has 2 aliphatic rings. The molecule has 1 aliphatic carbocycles. The minimum Gasteiger partial charge on any atom is -0.494 e. The van der Waals surface area contributed by atoms with Gasteiger partial charge < -0.3 is 24.8 Å². The summed E-state index contributed by atoms with van der Waals surface area (Å²) < 4.78 is 10.9. The molecule has 182 valence electrons. The van der Waals surface area contributed by atoms with Gasteiger partial charge in [-0.25, -0.2) is 9.97 Å². The molecule has 11 heteroatoms. The zero-order valence-electron chi connectivity index (χ0n) is 19.3. The number of hydrogen-bond acceptors (Lipinski definition) is 9. The Morgan fingerprint density at radius 3 is 3.03 bits per heavy atom. The van der Waals surface area contributed by atoms with Gasteiger partial charge in [0.25, 0.3) is 0 Å². The van der Waals surface area contributed by atoms with Crippen molar-refractivity contribution in [2.24, 2.45) is 5.92 Å². The van der Waals surface area contributed by atoms with Crippen LogP contribution in [0.5, 0.6) is 5.75 Å². The van der Waals surface area contributed by atoms with E-state index in [0.29, 0.717) is 31.9 Å². The second kappa shape index (κ2) is 9.06. The molecule has 4 aromatic rings. The Morgan fingerprint density at radius 1 is 1.37 bits per heavy atom. The fraction of sp³-hybridized carbons (Fsp3) is 0.417. The number of carbonyl (C=O) groups is 1. The fourth-order valence-electron chi connectivity index (χ4n) is 5.00. The molecule has 0 spiro atoms. The fourth-order valence-corrected chi connectivity index (χ4v) is 6.27. The van der Waals surface area contributed by atoms with Crippen LogP contribution in [0.15, 0.2) is 24.7 Å². The van der Waals surface area contributed by atoms with Gasteiger partial charge in [0, 0.05) is 28.8 Å². The highest BCUT2D eigenvalue weighted by Gasteiger charge is 2.36. The van der Waals surface area contributed by atoms with Crippen molar-refractivity contribution >= 4 is 49.9 Å². The van der Waals surface area contributed by atoms with Crippen LogP contribution in [0.1, 0.15) is 16.9 Å². The largest absolute Gasteiger partial charge is 0.494 e. The number of fused-ring (bicyclic) bond motifs is 4. The SMILES string of the molecule is COc1cc2[nH]ncc2cc1Nc1ncnc2sc3c(c12)CC[C@H](C(=O)N(CCO)C1COC1)C3. The molecule has 1 fully saturated rings. The van der Waals surface area contributed by atoms with Gasteiger partial charge in [-0.2, -0.15) is 5.10 Å². The smallest absolute Gasteiger partial charge is 0.226 e. The third-order valence-electron chi connectivity index (χ3n) is 6.89. The van der Waals surface area contributed by atoms with Crippen LogP contribution >= 0.6 is 11.3 Å². The van der Waals surface area contributed by atoms with Gasteiger partial charge in [-0.15, -0.1) is 11.3 Å². The Bertz CT molecular complexity index is 1400. The molecule has 0 bridgehead atoms. The predicted octanol–water partition coefficient (Wildman–Crippen LogP) is 2.64. The lowest BCUT2D eigenvalue weighted by Gasteiger charge is -2.39. The molecule has 3 aromatic heterocycles. The number of methoxy groups -OCH3 is 1. The number of benzene rings is 1. The molecule has 4 heterocycles. The van der Waals surface area contributed by atoms with Crippen molar-refractivity contribution in [1.29, 1.82) is 0 Å². The first-order valence-electron chi connectivity index (χ1n) is 11.7. The third-order valence-corrected chi connectivity index (χ3v) is 8.06. The Morgan fingerprint density at radius 2 is 2.26 bits per heavy atom. The molecule has 3 N–H and O–H groups in total. The number of aromatic nitrogens is 4. The first-order chi connectivity index (χ1) is 17.2. The average Bonchev–Trinajstić information content (AvgIpc) is 3.45. The first-order valence-corrected chi connectivity index (χ1v) is 12.5. The number of anilines is 2. The van der Waals surface area contributed by atoms with E-state index in [0.717, 1.165) is 45.5 Å². The summed E-state index contributed by atoms with van der Waals surface area (Å²) in [6.45, 7) is 1.41. The van der Waals surface area contributed by atoms with E-state index in [-0.39, 0.29) is 24.5 Å². The number of thiophene rings is 1. The van der Waals surface area contributed by atoms with Crippen LogP contribution in [0.4, 0.5) is 11.5 Å². The van der Waals surface area contributed by atoms with Crippen molar-refractivity contribution in [3.63, 3.8) is 0 Å². The van der Waals surface area contributed by atoms with Gasteiger partial charge in [-0.1, -0.05) is 0 Å². The second-order valence-corrected chi connectivity index (χ2v) is 10.0. The topological polar surface area (TPSA) is 125 Å². The van der Waals surface area contributed by atoms with E-state index in [1.54, 1.807) is 35.9 Å². The van der Waals surface area contributed by atoms with Crippen molar-refractivity contribution < 1.29 is 19.4 Å². The minimum atomic E-state index is -0.101. The molecule has 0 saturated carbocycles. The second-order valence-electron chi connectivity index (χ2n) is 8.93. The zero-order valence-corrected chi connectivity index (χ0v) is 20.1. The summed E-state index contributed by atoms with van der Waals surface area (Å²) in [5.41, 5.74) is 2.90. The van der Waals surface area contributed by atoms with Crippen molar-refractivity contribution in [2.45, 2.75) is 25.3 Å². The summed E-state index contributed by atoms with van der Waals surface area (Å²) in [5, 5.41) is 22.0. The number of hydrogen-bond donors (Lipinski definition) is 3. The molecule has 1 aromatic carbocycles. The summed E-state index contributed by atoms with van der Waals surface area (Å²) in [7, 11) is 1.64. The Hall–Kier alpha value is -3.28. The zero-order chi connectivity index (χ0) is 23.9. The number of H-pyrrole nitrogens is 1. The number of amides is 1. The van der Waals surface area contributed by atoms with Crippen LogP contribution in [-0.2, 0) is 22.4 Å². The summed E-state index contributed by atoms with van der Waals surface area (Å²) in [6, 6.07) is 3.97. The minimum absolute atomic E-state index is 0.0399. The van der Waals surface area contributed by atoms with E-state index in [1.165, 1.54) is 10.4 Å². The van der Waals surface area contributed by atoms with E-state index < -0.39 is 0 Å². The van der Waals surface area contributed by atoms with Crippen molar-refractivity contribution in [2.75, 3.05) is 38.8 Å². The summed E-state index contributed by atoms with van der Waals surface area (Å²) in [5.74, 6) is 1.42.